The average Bonchev–Trinajstić information content (AvgIpc) is 3.47. The number of anilines is 1. The minimum absolute atomic E-state index is 0.0442. The van der Waals surface area contributed by atoms with Crippen molar-refractivity contribution in [2.24, 2.45) is 11.8 Å². The molecule has 2 unspecified atom stereocenters. The van der Waals surface area contributed by atoms with E-state index in [9.17, 15) is 9.59 Å². The molecule has 0 bridgehead atoms. The molecule has 1 saturated carbocycles. The van der Waals surface area contributed by atoms with Crippen molar-refractivity contribution in [1.82, 2.24) is 4.90 Å². The van der Waals surface area contributed by atoms with Crippen LogP contribution in [0.2, 0.25) is 0 Å². The van der Waals surface area contributed by atoms with Gasteiger partial charge in [-0.25, -0.2) is 0 Å². The van der Waals surface area contributed by atoms with Crippen molar-refractivity contribution in [3.8, 4) is 0 Å². The fourth-order valence-corrected chi connectivity index (χ4v) is 3.48. The molecular weight excluding hydrogens is 336 g/mol. The van der Waals surface area contributed by atoms with E-state index in [2.05, 4.69) is 19.2 Å². The first-order chi connectivity index (χ1) is 13.0. The Morgan fingerprint density at radius 1 is 1.04 bits per heavy atom. The summed E-state index contributed by atoms with van der Waals surface area (Å²) in [5.41, 5.74) is 3.08. The Morgan fingerprint density at radius 2 is 1.70 bits per heavy atom. The molecule has 2 aromatic rings. The van der Waals surface area contributed by atoms with Crippen molar-refractivity contribution < 1.29 is 9.59 Å². The zero-order valence-corrected chi connectivity index (χ0v) is 16.3. The van der Waals surface area contributed by atoms with Gasteiger partial charge in [0.1, 0.15) is 0 Å². The van der Waals surface area contributed by atoms with Crippen LogP contribution in [-0.2, 0) is 16.1 Å². The molecule has 0 heterocycles. The summed E-state index contributed by atoms with van der Waals surface area (Å²) in [4.78, 5) is 27.3. The van der Waals surface area contributed by atoms with Gasteiger partial charge in [-0.15, -0.1) is 0 Å². The summed E-state index contributed by atoms with van der Waals surface area (Å²) in [6.45, 7) is 7.44. The van der Waals surface area contributed by atoms with E-state index in [1.165, 1.54) is 0 Å². The molecule has 1 aliphatic carbocycles. The van der Waals surface area contributed by atoms with E-state index in [1.54, 1.807) is 0 Å². The molecule has 1 aliphatic rings. The lowest BCUT2D eigenvalue weighted by Crippen LogP contribution is -2.33. The summed E-state index contributed by atoms with van der Waals surface area (Å²) in [7, 11) is 0. The van der Waals surface area contributed by atoms with Gasteiger partial charge < -0.3 is 10.2 Å². The van der Waals surface area contributed by atoms with Gasteiger partial charge >= 0.3 is 0 Å². The van der Waals surface area contributed by atoms with Crippen LogP contribution >= 0.6 is 0 Å². The van der Waals surface area contributed by atoms with E-state index in [0.29, 0.717) is 25.4 Å². The second-order valence-electron chi connectivity index (χ2n) is 7.52. The number of hydrogen-bond donors (Lipinski definition) is 1. The van der Waals surface area contributed by atoms with Crippen LogP contribution in [0, 0.1) is 11.8 Å². The van der Waals surface area contributed by atoms with Gasteiger partial charge in [-0.2, -0.15) is 0 Å². The van der Waals surface area contributed by atoms with Gasteiger partial charge in [-0.3, -0.25) is 9.59 Å². The smallest absolute Gasteiger partial charge is 0.228 e. The first-order valence-electron chi connectivity index (χ1n) is 9.73. The Kier molecular flexibility index (Phi) is 5.94. The van der Waals surface area contributed by atoms with E-state index in [4.69, 9.17) is 0 Å². The number of carbonyl (C=O) groups is 2. The number of amides is 2. The summed E-state index contributed by atoms with van der Waals surface area (Å²) >= 11 is 0. The molecule has 2 aromatic carbocycles. The number of hydrogen-bond acceptors (Lipinski definition) is 2. The molecule has 0 aromatic heterocycles. The lowest BCUT2D eigenvalue weighted by atomic mass is 10.0. The lowest BCUT2D eigenvalue weighted by molar-refractivity contribution is -0.134. The molecule has 2 amide bonds. The average molecular weight is 364 g/mol. The van der Waals surface area contributed by atoms with Crippen LogP contribution in [0.4, 0.5) is 5.69 Å². The number of nitrogens with zero attached hydrogens (tertiary/aromatic N) is 1. The maximum atomic E-state index is 12.8. The van der Waals surface area contributed by atoms with Gasteiger partial charge in [0.15, 0.2) is 0 Å². The largest absolute Gasteiger partial charge is 0.338 e. The highest BCUT2D eigenvalue weighted by molar-refractivity contribution is 6.00. The fraction of sp³-hybridized carbons (Fsp3) is 0.391. The summed E-state index contributed by atoms with van der Waals surface area (Å²) in [5, 5.41) is 3.04. The molecule has 0 spiro atoms. The molecular formula is C23H28N2O2. The van der Waals surface area contributed by atoms with Crippen LogP contribution in [0.3, 0.4) is 0 Å². The second-order valence-corrected chi connectivity index (χ2v) is 7.52. The Bertz CT molecular complexity index is 801. The molecule has 4 nitrogen and oxygen atoms in total. The number of para-hydroxylation sites is 1. The van der Waals surface area contributed by atoms with Crippen LogP contribution in [0.15, 0.2) is 54.6 Å². The SMILES string of the molecule is CCN(Cc1ccccc1)C(=O)C1CC1C(=O)Nc1ccccc1C(C)C. The standard InChI is InChI=1S/C23H28N2O2/c1-4-25(15-17-10-6-5-7-11-17)23(27)20-14-19(20)22(26)24-21-13-9-8-12-18(21)16(2)3/h5-13,16,19-20H,4,14-15H2,1-3H3,(H,24,26). The van der Waals surface area contributed by atoms with E-state index in [0.717, 1.165) is 16.8 Å². The molecule has 1 N–H and O–H groups in total. The van der Waals surface area contributed by atoms with Crippen molar-refractivity contribution in [2.75, 3.05) is 11.9 Å². The molecule has 2 atom stereocenters. The number of nitrogens with one attached hydrogen (secondary N) is 1. The van der Waals surface area contributed by atoms with Crippen molar-refractivity contribution in [3.05, 3.63) is 65.7 Å². The highest BCUT2D eigenvalue weighted by atomic mass is 16.2. The van der Waals surface area contributed by atoms with Crippen LogP contribution in [-0.4, -0.2) is 23.3 Å². The van der Waals surface area contributed by atoms with E-state index in [-0.39, 0.29) is 23.7 Å². The highest BCUT2D eigenvalue weighted by Gasteiger charge is 2.49. The van der Waals surface area contributed by atoms with E-state index >= 15 is 0 Å². The molecule has 27 heavy (non-hydrogen) atoms. The third kappa shape index (κ3) is 4.57. The van der Waals surface area contributed by atoms with Crippen LogP contribution in [0.5, 0.6) is 0 Å². The van der Waals surface area contributed by atoms with Gasteiger partial charge in [0.05, 0.1) is 11.8 Å². The lowest BCUT2D eigenvalue weighted by Gasteiger charge is -2.21. The maximum absolute atomic E-state index is 12.8. The topological polar surface area (TPSA) is 49.4 Å². The van der Waals surface area contributed by atoms with Crippen LogP contribution in [0.1, 0.15) is 44.2 Å². The van der Waals surface area contributed by atoms with E-state index in [1.807, 2.05) is 66.4 Å². The third-order valence-electron chi connectivity index (χ3n) is 5.19. The minimum Gasteiger partial charge on any atom is -0.338 e. The minimum atomic E-state index is -0.220. The summed E-state index contributed by atoms with van der Waals surface area (Å²) < 4.78 is 0. The van der Waals surface area contributed by atoms with Gasteiger partial charge in [0.25, 0.3) is 0 Å². The molecule has 3 rings (SSSR count). The Labute approximate surface area is 161 Å². The predicted molar refractivity (Wildman–Crippen MR) is 108 cm³/mol. The van der Waals surface area contributed by atoms with Gasteiger partial charge in [-0.05, 0) is 36.5 Å². The van der Waals surface area contributed by atoms with E-state index < -0.39 is 0 Å². The van der Waals surface area contributed by atoms with Crippen LogP contribution < -0.4 is 5.32 Å². The fourth-order valence-electron chi connectivity index (χ4n) is 3.48. The Balaban J connectivity index is 1.61. The monoisotopic (exact) mass is 364 g/mol. The van der Waals surface area contributed by atoms with Crippen LogP contribution in [0.25, 0.3) is 0 Å². The van der Waals surface area contributed by atoms with Crippen molar-refractivity contribution in [2.45, 2.75) is 39.7 Å². The zero-order chi connectivity index (χ0) is 19.4. The molecule has 0 radical (unpaired) electrons. The van der Waals surface area contributed by atoms with Crippen molar-refractivity contribution in [1.29, 1.82) is 0 Å². The third-order valence-corrected chi connectivity index (χ3v) is 5.19. The summed E-state index contributed by atoms with van der Waals surface area (Å²) in [6.07, 6.45) is 0.639. The number of benzene rings is 2. The van der Waals surface area contributed by atoms with Crippen molar-refractivity contribution >= 4 is 17.5 Å². The molecule has 142 valence electrons. The second kappa shape index (κ2) is 8.38. The first-order valence-corrected chi connectivity index (χ1v) is 9.73. The van der Waals surface area contributed by atoms with Gasteiger partial charge in [0, 0.05) is 18.8 Å². The molecule has 4 heteroatoms. The Morgan fingerprint density at radius 3 is 2.37 bits per heavy atom. The highest BCUT2D eigenvalue weighted by Crippen LogP contribution is 2.41. The summed E-state index contributed by atoms with van der Waals surface area (Å²) in [5.74, 6) is -0.0436. The number of carbonyl (C=O) groups excluding carboxylic acids is 2. The Hall–Kier alpha value is -2.62. The normalized spacial score (nSPS) is 18.2. The maximum Gasteiger partial charge on any atom is 0.228 e. The quantitative estimate of drug-likeness (QED) is 0.790. The first kappa shape index (κ1) is 19.2. The van der Waals surface area contributed by atoms with Crippen molar-refractivity contribution in [3.63, 3.8) is 0 Å². The molecule has 0 saturated heterocycles. The molecule has 1 fully saturated rings. The number of rotatable bonds is 7. The summed E-state index contributed by atoms with van der Waals surface area (Å²) in [6, 6.07) is 17.9. The predicted octanol–water partition coefficient (Wildman–Crippen LogP) is 4.43. The molecule has 0 aliphatic heterocycles. The zero-order valence-electron chi connectivity index (χ0n) is 16.3. The van der Waals surface area contributed by atoms with Gasteiger partial charge in [-0.1, -0.05) is 62.4 Å². The van der Waals surface area contributed by atoms with Gasteiger partial charge in [0.2, 0.25) is 11.8 Å².